The molecule has 1 atom stereocenters. The second-order valence-electron chi connectivity index (χ2n) is 3.54. The largest absolute Gasteiger partial charge is 0.408 e. The zero-order chi connectivity index (χ0) is 10.9. The van der Waals surface area contributed by atoms with Gasteiger partial charge in [-0.15, -0.1) is 5.10 Å². The van der Waals surface area contributed by atoms with Gasteiger partial charge in [-0.25, -0.2) is 0 Å². The molecule has 82 valence electrons. The van der Waals surface area contributed by atoms with Crippen LogP contribution in [0.25, 0.3) is 0 Å². The van der Waals surface area contributed by atoms with E-state index in [0.29, 0.717) is 18.9 Å². The van der Waals surface area contributed by atoms with Gasteiger partial charge in [0.05, 0.1) is 6.61 Å². The van der Waals surface area contributed by atoms with Crippen molar-refractivity contribution >= 4 is 11.9 Å². The summed E-state index contributed by atoms with van der Waals surface area (Å²) in [6.07, 6.45) is 0.492. The average Bonchev–Trinajstić information content (AvgIpc) is 2.76. The van der Waals surface area contributed by atoms with E-state index in [1.54, 1.807) is 6.92 Å². The quantitative estimate of drug-likeness (QED) is 0.680. The summed E-state index contributed by atoms with van der Waals surface area (Å²) in [4.78, 5) is 11.7. The fourth-order valence-corrected chi connectivity index (χ4v) is 1.33. The van der Waals surface area contributed by atoms with E-state index in [-0.39, 0.29) is 18.5 Å². The highest BCUT2D eigenvalue weighted by Gasteiger charge is 2.38. The number of amides is 1. The summed E-state index contributed by atoms with van der Waals surface area (Å²) in [5, 5.41) is 9.69. The molecule has 0 radical (unpaired) electrons. The molecule has 1 aromatic heterocycles. The molecule has 1 aromatic rings. The van der Waals surface area contributed by atoms with Gasteiger partial charge in [0.1, 0.15) is 5.54 Å². The molecule has 15 heavy (non-hydrogen) atoms. The number of nitrogens with one attached hydrogen (secondary N) is 1. The molecule has 0 aliphatic carbocycles. The van der Waals surface area contributed by atoms with Crippen LogP contribution in [0.3, 0.4) is 0 Å². The molecule has 0 aromatic carbocycles. The van der Waals surface area contributed by atoms with Crippen LogP contribution in [-0.4, -0.2) is 34.9 Å². The number of carbonyl (C=O) groups excluding carboxylic acids is 1. The van der Waals surface area contributed by atoms with E-state index in [2.05, 4.69) is 15.5 Å². The Balaban J connectivity index is 2.03. The van der Waals surface area contributed by atoms with Crippen molar-refractivity contribution < 1.29 is 13.9 Å². The maximum absolute atomic E-state index is 11.7. The molecular weight excluding hydrogens is 200 g/mol. The number of nitrogens with zero attached hydrogens (tertiary/aromatic N) is 2. The fraction of sp³-hybridized carbons (Fsp3) is 0.625. The standard InChI is InChI=1S/C8H12N4O3/c1-5-11-12-7(15-5)10-6(13)8(9)2-3-14-4-8/h2-4,9H2,1H3,(H,10,12,13). The zero-order valence-electron chi connectivity index (χ0n) is 8.32. The van der Waals surface area contributed by atoms with E-state index >= 15 is 0 Å². The first-order valence-electron chi connectivity index (χ1n) is 4.58. The molecule has 7 nitrogen and oxygen atoms in total. The summed E-state index contributed by atoms with van der Waals surface area (Å²) in [5.74, 6) is 0.0303. The minimum atomic E-state index is -0.984. The van der Waals surface area contributed by atoms with Crippen molar-refractivity contribution in [2.45, 2.75) is 18.9 Å². The number of hydrogen-bond acceptors (Lipinski definition) is 6. The maximum atomic E-state index is 11.7. The summed E-state index contributed by atoms with van der Waals surface area (Å²) in [6.45, 7) is 2.35. The van der Waals surface area contributed by atoms with Crippen molar-refractivity contribution in [3.05, 3.63) is 5.89 Å². The SMILES string of the molecule is Cc1nnc(NC(=O)C2(N)CCOC2)o1. The van der Waals surface area contributed by atoms with Crippen LogP contribution < -0.4 is 11.1 Å². The Morgan fingerprint density at radius 1 is 1.60 bits per heavy atom. The Hall–Kier alpha value is -1.47. The number of anilines is 1. The van der Waals surface area contributed by atoms with E-state index in [1.165, 1.54) is 0 Å². The van der Waals surface area contributed by atoms with Gasteiger partial charge in [0.15, 0.2) is 0 Å². The third-order valence-corrected chi connectivity index (χ3v) is 2.25. The van der Waals surface area contributed by atoms with Crippen molar-refractivity contribution in [1.82, 2.24) is 10.2 Å². The maximum Gasteiger partial charge on any atom is 0.322 e. The van der Waals surface area contributed by atoms with E-state index in [1.807, 2.05) is 0 Å². The predicted octanol–water partition coefficient (Wildman–Crippen LogP) is -0.566. The predicted molar refractivity (Wildman–Crippen MR) is 50.0 cm³/mol. The molecule has 0 saturated carbocycles. The minimum absolute atomic E-state index is 0.0641. The molecule has 1 aliphatic rings. The molecule has 2 rings (SSSR count). The Morgan fingerprint density at radius 2 is 2.40 bits per heavy atom. The lowest BCUT2D eigenvalue weighted by Crippen LogP contribution is -2.51. The van der Waals surface area contributed by atoms with Gasteiger partial charge in [0.2, 0.25) is 5.89 Å². The van der Waals surface area contributed by atoms with Gasteiger partial charge in [0, 0.05) is 13.5 Å². The van der Waals surface area contributed by atoms with E-state index in [0.717, 1.165) is 0 Å². The number of rotatable bonds is 2. The molecule has 1 fully saturated rings. The highest BCUT2D eigenvalue weighted by atomic mass is 16.5. The van der Waals surface area contributed by atoms with Crippen LogP contribution >= 0.6 is 0 Å². The van der Waals surface area contributed by atoms with E-state index < -0.39 is 5.54 Å². The first-order chi connectivity index (χ1) is 7.10. The normalized spacial score (nSPS) is 25.5. The zero-order valence-corrected chi connectivity index (χ0v) is 8.32. The Bertz CT molecular complexity index is 370. The van der Waals surface area contributed by atoms with Crippen LogP contribution in [0.4, 0.5) is 6.01 Å². The van der Waals surface area contributed by atoms with Crippen LogP contribution in [0.5, 0.6) is 0 Å². The van der Waals surface area contributed by atoms with Gasteiger partial charge in [0.25, 0.3) is 5.91 Å². The van der Waals surface area contributed by atoms with Crippen molar-refractivity contribution in [3.8, 4) is 0 Å². The number of aryl methyl sites for hydroxylation is 1. The van der Waals surface area contributed by atoms with Crippen molar-refractivity contribution in [1.29, 1.82) is 0 Å². The van der Waals surface area contributed by atoms with Crippen LogP contribution in [0, 0.1) is 6.92 Å². The Labute approximate surface area is 86.0 Å². The monoisotopic (exact) mass is 212 g/mol. The van der Waals surface area contributed by atoms with Crippen molar-refractivity contribution in [2.24, 2.45) is 5.73 Å². The summed E-state index contributed by atoms with van der Waals surface area (Å²) in [6, 6.07) is 0.0641. The molecule has 1 saturated heterocycles. The fourth-order valence-electron chi connectivity index (χ4n) is 1.33. The number of ether oxygens (including phenoxy) is 1. The first-order valence-corrected chi connectivity index (χ1v) is 4.58. The summed E-state index contributed by atoms with van der Waals surface area (Å²) >= 11 is 0. The topological polar surface area (TPSA) is 103 Å². The second kappa shape index (κ2) is 3.59. The van der Waals surface area contributed by atoms with Gasteiger partial charge in [-0.1, -0.05) is 5.10 Å². The molecule has 1 aliphatic heterocycles. The molecule has 2 heterocycles. The third-order valence-electron chi connectivity index (χ3n) is 2.25. The van der Waals surface area contributed by atoms with Gasteiger partial charge >= 0.3 is 6.01 Å². The van der Waals surface area contributed by atoms with Crippen LogP contribution in [0.1, 0.15) is 12.3 Å². The van der Waals surface area contributed by atoms with Crippen LogP contribution in [0.15, 0.2) is 4.42 Å². The molecule has 0 bridgehead atoms. The highest BCUT2D eigenvalue weighted by Crippen LogP contribution is 2.17. The molecule has 1 amide bonds. The molecule has 0 spiro atoms. The second-order valence-corrected chi connectivity index (χ2v) is 3.54. The van der Waals surface area contributed by atoms with Crippen LogP contribution in [-0.2, 0) is 9.53 Å². The number of hydrogen-bond donors (Lipinski definition) is 2. The van der Waals surface area contributed by atoms with Crippen molar-refractivity contribution in [3.63, 3.8) is 0 Å². The summed E-state index contributed by atoms with van der Waals surface area (Å²) in [7, 11) is 0. The minimum Gasteiger partial charge on any atom is -0.408 e. The van der Waals surface area contributed by atoms with E-state index in [9.17, 15) is 4.79 Å². The van der Waals surface area contributed by atoms with Crippen molar-refractivity contribution in [2.75, 3.05) is 18.5 Å². The summed E-state index contributed by atoms with van der Waals surface area (Å²) in [5.41, 5.74) is 4.85. The molecular formula is C8H12N4O3. The Kier molecular flexibility index (Phi) is 2.41. The first kappa shape index (κ1) is 10.1. The van der Waals surface area contributed by atoms with E-state index in [4.69, 9.17) is 14.9 Å². The van der Waals surface area contributed by atoms with Crippen LogP contribution in [0.2, 0.25) is 0 Å². The molecule has 7 heteroatoms. The number of nitrogens with two attached hydrogens (primary N) is 1. The summed E-state index contributed by atoms with van der Waals surface area (Å²) < 4.78 is 10.1. The smallest absolute Gasteiger partial charge is 0.322 e. The lowest BCUT2D eigenvalue weighted by atomic mass is 10.00. The number of carbonyl (C=O) groups is 1. The van der Waals surface area contributed by atoms with Gasteiger partial charge in [-0.3, -0.25) is 10.1 Å². The van der Waals surface area contributed by atoms with Gasteiger partial charge < -0.3 is 14.9 Å². The molecule has 1 unspecified atom stereocenters. The lowest BCUT2D eigenvalue weighted by molar-refractivity contribution is -0.121. The van der Waals surface area contributed by atoms with Gasteiger partial charge in [-0.05, 0) is 6.42 Å². The highest BCUT2D eigenvalue weighted by molar-refractivity contribution is 5.96. The number of aromatic nitrogens is 2. The Morgan fingerprint density at radius 3 is 2.93 bits per heavy atom. The van der Waals surface area contributed by atoms with Gasteiger partial charge in [-0.2, -0.15) is 0 Å². The average molecular weight is 212 g/mol. The third kappa shape index (κ3) is 1.97. The lowest BCUT2D eigenvalue weighted by Gasteiger charge is -2.18. The molecule has 3 N–H and O–H groups in total.